The number of carbonyl (C=O) groups excluding carboxylic acids is 1. The first kappa shape index (κ1) is 14.1. The molecule has 6 heteroatoms. The van der Waals surface area contributed by atoms with E-state index in [-0.39, 0.29) is 11.7 Å². The zero-order valence-electron chi connectivity index (χ0n) is 11.9. The van der Waals surface area contributed by atoms with Gasteiger partial charge in [0, 0.05) is 38.7 Å². The Morgan fingerprint density at radius 1 is 1.35 bits per heavy atom. The van der Waals surface area contributed by atoms with Crippen molar-refractivity contribution in [3.8, 4) is 0 Å². The van der Waals surface area contributed by atoms with Crippen LogP contribution in [0.25, 0.3) is 0 Å². The molecular formula is C14H24N2O4. The van der Waals surface area contributed by atoms with E-state index in [0.29, 0.717) is 12.5 Å². The van der Waals surface area contributed by atoms with Crippen LogP contribution in [-0.2, 0) is 14.2 Å². The Labute approximate surface area is 119 Å². The highest BCUT2D eigenvalue weighted by Gasteiger charge is 2.38. The first-order chi connectivity index (χ1) is 9.77. The number of amides is 1. The first-order valence-corrected chi connectivity index (χ1v) is 7.62. The number of hydrogen-bond donors (Lipinski definition) is 1. The number of rotatable bonds is 2. The number of morpholine rings is 1. The van der Waals surface area contributed by atoms with E-state index in [1.807, 2.05) is 0 Å². The number of hydrogen-bond acceptors (Lipinski definition) is 5. The second-order valence-electron chi connectivity index (χ2n) is 6.00. The van der Waals surface area contributed by atoms with Gasteiger partial charge in [-0.05, 0) is 19.3 Å². The van der Waals surface area contributed by atoms with Gasteiger partial charge in [-0.2, -0.15) is 0 Å². The molecule has 3 rings (SSSR count). The predicted molar refractivity (Wildman–Crippen MR) is 72.6 cm³/mol. The molecule has 1 unspecified atom stereocenters. The Morgan fingerprint density at radius 3 is 2.85 bits per heavy atom. The third-order valence-electron chi connectivity index (χ3n) is 4.53. The molecule has 0 bridgehead atoms. The third-order valence-corrected chi connectivity index (χ3v) is 4.53. The van der Waals surface area contributed by atoms with E-state index in [4.69, 9.17) is 14.2 Å². The molecule has 3 heterocycles. The van der Waals surface area contributed by atoms with Gasteiger partial charge in [-0.25, -0.2) is 4.79 Å². The molecule has 1 N–H and O–H groups in total. The van der Waals surface area contributed by atoms with Crippen LogP contribution in [0.5, 0.6) is 0 Å². The summed E-state index contributed by atoms with van der Waals surface area (Å²) in [5, 5.41) is 3.38. The summed E-state index contributed by atoms with van der Waals surface area (Å²) >= 11 is 0. The van der Waals surface area contributed by atoms with Crippen LogP contribution in [-0.4, -0.2) is 69.2 Å². The zero-order valence-corrected chi connectivity index (χ0v) is 11.9. The van der Waals surface area contributed by atoms with Crippen LogP contribution >= 0.6 is 0 Å². The number of likely N-dealkylation sites (tertiary alicyclic amines) is 1. The average molecular weight is 284 g/mol. The van der Waals surface area contributed by atoms with Crippen LogP contribution in [0.2, 0.25) is 0 Å². The second-order valence-corrected chi connectivity index (χ2v) is 6.00. The molecule has 3 aliphatic heterocycles. The molecule has 3 fully saturated rings. The van der Waals surface area contributed by atoms with Crippen molar-refractivity contribution in [2.75, 3.05) is 52.6 Å². The van der Waals surface area contributed by atoms with Gasteiger partial charge >= 0.3 is 6.09 Å². The molecular weight excluding hydrogens is 260 g/mol. The summed E-state index contributed by atoms with van der Waals surface area (Å²) in [4.78, 5) is 13.8. The molecule has 3 aliphatic rings. The zero-order chi connectivity index (χ0) is 13.8. The number of piperidine rings is 1. The van der Waals surface area contributed by atoms with Gasteiger partial charge in [0.15, 0.2) is 0 Å². The highest BCUT2D eigenvalue weighted by molar-refractivity contribution is 5.67. The van der Waals surface area contributed by atoms with Gasteiger partial charge in [-0.15, -0.1) is 0 Å². The smallest absolute Gasteiger partial charge is 0.409 e. The summed E-state index contributed by atoms with van der Waals surface area (Å²) in [7, 11) is 0. The average Bonchev–Trinajstić information content (AvgIpc) is 3.00. The lowest BCUT2D eigenvalue weighted by atomic mass is 9.90. The van der Waals surface area contributed by atoms with Crippen molar-refractivity contribution < 1.29 is 19.0 Å². The Morgan fingerprint density at radius 2 is 2.20 bits per heavy atom. The van der Waals surface area contributed by atoms with Crippen LogP contribution in [0.3, 0.4) is 0 Å². The lowest BCUT2D eigenvalue weighted by Crippen LogP contribution is -2.56. The third kappa shape index (κ3) is 3.24. The molecule has 1 atom stereocenters. The van der Waals surface area contributed by atoms with E-state index in [2.05, 4.69) is 5.32 Å². The minimum Gasteiger partial charge on any atom is -0.449 e. The van der Waals surface area contributed by atoms with E-state index in [0.717, 1.165) is 65.3 Å². The van der Waals surface area contributed by atoms with Gasteiger partial charge in [-0.1, -0.05) is 0 Å². The molecule has 0 aliphatic carbocycles. The minimum atomic E-state index is -0.185. The topological polar surface area (TPSA) is 60.0 Å². The fourth-order valence-corrected chi connectivity index (χ4v) is 3.12. The standard InChI is InChI=1S/C14H24N2O4/c17-13(19-10-12-1-7-18-9-12)16-5-2-14(3-6-16)11-15-4-8-20-14/h12,15H,1-11H2. The Balaban J connectivity index is 1.41. The van der Waals surface area contributed by atoms with Crippen LogP contribution in [0, 0.1) is 5.92 Å². The lowest BCUT2D eigenvalue weighted by Gasteiger charge is -2.43. The molecule has 0 aromatic rings. The highest BCUT2D eigenvalue weighted by Crippen LogP contribution is 2.27. The molecule has 0 aromatic carbocycles. The molecule has 0 radical (unpaired) electrons. The van der Waals surface area contributed by atoms with Gasteiger partial charge in [-0.3, -0.25) is 0 Å². The lowest BCUT2D eigenvalue weighted by molar-refractivity contribution is -0.0974. The van der Waals surface area contributed by atoms with Crippen molar-refractivity contribution in [2.45, 2.75) is 24.9 Å². The summed E-state index contributed by atoms with van der Waals surface area (Å²) in [5.41, 5.74) is -0.0612. The van der Waals surface area contributed by atoms with Gasteiger partial charge in [0.2, 0.25) is 0 Å². The van der Waals surface area contributed by atoms with Gasteiger partial charge in [0.25, 0.3) is 0 Å². The summed E-state index contributed by atoms with van der Waals surface area (Å²) in [6.45, 7) is 6.04. The maximum atomic E-state index is 12.0. The number of nitrogens with one attached hydrogen (secondary N) is 1. The summed E-state index contributed by atoms with van der Waals surface area (Å²) in [6, 6.07) is 0. The minimum absolute atomic E-state index is 0.0612. The van der Waals surface area contributed by atoms with Crippen molar-refractivity contribution in [3.63, 3.8) is 0 Å². The second kappa shape index (κ2) is 6.28. The number of nitrogens with zero attached hydrogens (tertiary/aromatic N) is 1. The number of carbonyl (C=O) groups is 1. The quantitative estimate of drug-likeness (QED) is 0.805. The van der Waals surface area contributed by atoms with Crippen LogP contribution in [0.1, 0.15) is 19.3 Å². The monoisotopic (exact) mass is 284 g/mol. The van der Waals surface area contributed by atoms with E-state index in [1.54, 1.807) is 4.90 Å². The molecule has 20 heavy (non-hydrogen) atoms. The van der Waals surface area contributed by atoms with Gasteiger partial charge < -0.3 is 24.4 Å². The Hall–Kier alpha value is -0.850. The van der Waals surface area contributed by atoms with E-state index >= 15 is 0 Å². The van der Waals surface area contributed by atoms with Crippen LogP contribution in [0.15, 0.2) is 0 Å². The Bertz CT molecular complexity index is 328. The summed E-state index contributed by atoms with van der Waals surface area (Å²) < 4.78 is 16.6. The van der Waals surface area contributed by atoms with Crippen molar-refractivity contribution >= 4 is 6.09 Å². The molecule has 0 aromatic heterocycles. The highest BCUT2D eigenvalue weighted by atomic mass is 16.6. The predicted octanol–water partition coefficient (Wildman–Crippen LogP) is 0.614. The molecule has 3 saturated heterocycles. The molecule has 114 valence electrons. The largest absolute Gasteiger partial charge is 0.449 e. The Kier molecular flexibility index (Phi) is 4.43. The normalized spacial score (nSPS) is 29.6. The maximum Gasteiger partial charge on any atom is 0.409 e. The van der Waals surface area contributed by atoms with E-state index in [9.17, 15) is 4.79 Å². The van der Waals surface area contributed by atoms with E-state index in [1.165, 1.54) is 0 Å². The maximum absolute atomic E-state index is 12.0. The molecule has 0 saturated carbocycles. The summed E-state index contributed by atoms with van der Waals surface area (Å²) in [5.74, 6) is 0.376. The molecule has 6 nitrogen and oxygen atoms in total. The van der Waals surface area contributed by atoms with Crippen LogP contribution < -0.4 is 5.32 Å². The van der Waals surface area contributed by atoms with Crippen molar-refractivity contribution in [1.82, 2.24) is 10.2 Å². The summed E-state index contributed by atoms with van der Waals surface area (Å²) in [6.07, 6.45) is 2.59. The van der Waals surface area contributed by atoms with Gasteiger partial charge in [0.1, 0.15) is 0 Å². The molecule has 1 amide bonds. The van der Waals surface area contributed by atoms with Crippen molar-refractivity contribution in [1.29, 1.82) is 0 Å². The molecule has 1 spiro atoms. The van der Waals surface area contributed by atoms with Gasteiger partial charge in [0.05, 0.1) is 25.4 Å². The fraction of sp³-hybridized carbons (Fsp3) is 0.929. The number of ether oxygens (including phenoxy) is 3. The van der Waals surface area contributed by atoms with E-state index < -0.39 is 0 Å². The van der Waals surface area contributed by atoms with Crippen molar-refractivity contribution in [2.24, 2.45) is 5.92 Å². The first-order valence-electron chi connectivity index (χ1n) is 7.62. The fourth-order valence-electron chi connectivity index (χ4n) is 3.12. The van der Waals surface area contributed by atoms with Crippen LogP contribution in [0.4, 0.5) is 4.79 Å². The van der Waals surface area contributed by atoms with Crippen molar-refractivity contribution in [3.05, 3.63) is 0 Å². The SMILES string of the molecule is O=C(OCC1CCOC1)N1CCC2(CC1)CNCCO2.